The molecular formula is C14H9F2O6P. The van der Waals surface area contributed by atoms with Crippen molar-refractivity contribution in [1.82, 2.24) is 0 Å². The molecule has 0 atom stereocenters. The summed E-state index contributed by atoms with van der Waals surface area (Å²) >= 11 is 0. The van der Waals surface area contributed by atoms with Crippen LogP contribution in [0.2, 0.25) is 0 Å². The summed E-state index contributed by atoms with van der Waals surface area (Å²) in [5, 5.41) is 0. The lowest BCUT2D eigenvalue weighted by Crippen LogP contribution is -2.17. The first-order valence-corrected chi connectivity index (χ1v) is 7.75. The fraction of sp³-hybridized carbons (Fsp3) is 0. The average Bonchev–Trinajstić information content (AvgIpc) is 2.51. The molecule has 0 fully saturated rings. The first-order chi connectivity index (χ1) is 10.8. The monoisotopic (exact) mass is 342 g/mol. The smallest absolute Gasteiger partial charge is 0.411 e. The topological polar surface area (TPSA) is 89.9 Å². The molecule has 0 amide bonds. The predicted octanol–water partition coefficient (Wildman–Crippen LogP) is 3.93. The molecule has 9 heteroatoms. The maximum atomic E-state index is 13.3. The van der Waals surface area contributed by atoms with Crippen molar-refractivity contribution in [3.63, 3.8) is 0 Å². The van der Waals surface area contributed by atoms with Gasteiger partial charge in [-0.2, -0.15) is 0 Å². The van der Waals surface area contributed by atoms with Crippen LogP contribution in [0.3, 0.4) is 0 Å². The summed E-state index contributed by atoms with van der Waals surface area (Å²) in [7, 11) is -5.30. The highest BCUT2D eigenvalue weighted by Crippen LogP contribution is 2.45. The Kier molecular flexibility index (Phi) is 4.88. The summed E-state index contributed by atoms with van der Waals surface area (Å²) in [5.41, 5.74) is -3.80. The van der Waals surface area contributed by atoms with Crippen molar-refractivity contribution in [1.29, 1.82) is 0 Å². The Morgan fingerprint density at radius 2 is 1.17 bits per heavy atom. The summed E-state index contributed by atoms with van der Waals surface area (Å²) in [6.07, 6.45) is 0. The van der Waals surface area contributed by atoms with Gasteiger partial charge in [-0.05, 0) is 24.3 Å². The average molecular weight is 342 g/mol. The van der Waals surface area contributed by atoms with Crippen molar-refractivity contribution in [2.45, 2.75) is 0 Å². The van der Waals surface area contributed by atoms with Gasteiger partial charge in [-0.15, -0.1) is 0 Å². The summed E-state index contributed by atoms with van der Waals surface area (Å²) < 4.78 is 47.2. The van der Waals surface area contributed by atoms with Gasteiger partial charge < -0.3 is 14.4 Å². The van der Waals surface area contributed by atoms with E-state index in [4.69, 9.17) is 0 Å². The van der Waals surface area contributed by atoms with Crippen LogP contribution >= 0.6 is 7.37 Å². The van der Waals surface area contributed by atoms with Crippen molar-refractivity contribution in [2.24, 2.45) is 0 Å². The third kappa shape index (κ3) is 3.80. The maximum Gasteiger partial charge on any atom is 0.411 e. The SMILES string of the molecule is O=C(Oc1ccccc1F)P(=O)(O)C(=O)Oc1ccccc1F. The van der Waals surface area contributed by atoms with Gasteiger partial charge in [-0.3, -0.25) is 4.57 Å². The third-order valence-electron chi connectivity index (χ3n) is 2.56. The largest absolute Gasteiger partial charge is 0.416 e. The molecule has 2 rings (SSSR count). The Labute approximate surface area is 128 Å². The van der Waals surface area contributed by atoms with E-state index in [-0.39, 0.29) is 0 Å². The molecule has 2 aromatic rings. The number of rotatable bonds is 4. The van der Waals surface area contributed by atoms with Crippen LogP contribution in [0.4, 0.5) is 18.4 Å². The van der Waals surface area contributed by atoms with Crippen molar-refractivity contribution < 1.29 is 37.3 Å². The Morgan fingerprint density at radius 3 is 1.52 bits per heavy atom. The van der Waals surface area contributed by atoms with Gasteiger partial charge in [0, 0.05) is 0 Å². The molecule has 0 aromatic heterocycles. The molecule has 0 spiro atoms. The van der Waals surface area contributed by atoms with Gasteiger partial charge >= 0.3 is 18.8 Å². The Hall–Kier alpha value is -2.57. The lowest BCUT2D eigenvalue weighted by molar-refractivity contribution is 0.208. The Bertz CT molecular complexity index is 744. The van der Waals surface area contributed by atoms with E-state index in [1.54, 1.807) is 0 Å². The van der Waals surface area contributed by atoms with Gasteiger partial charge in [0.25, 0.3) is 0 Å². The van der Waals surface area contributed by atoms with Gasteiger partial charge in [0.15, 0.2) is 23.1 Å². The highest BCUT2D eigenvalue weighted by Gasteiger charge is 2.43. The van der Waals surface area contributed by atoms with Crippen molar-refractivity contribution in [3.05, 3.63) is 60.2 Å². The molecule has 23 heavy (non-hydrogen) atoms. The number of hydrogen-bond acceptors (Lipinski definition) is 5. The number of carbonyl (C=O) groups is 2. The van der Waals surface area contributed by atoms with Crippen LogP contribution in [-0.2, 0) is 4.57 Å². The number of para-hydroxylation sites is 2. The van der Waals surface area contributed by atoms with Gasteiger partial charge in [-0.25, -0.2) is 18.4 Å². The second kappa shape index (κ2) is 6.68. The van der Waals surface area contributed by atoms with E-state index in [0.717, 1.165) is 24.3 Å². The van der Waals surface area contributed by atoms with Crippen LogP contribution in [0.1, 0.15) is 0 Å². The lowest BCUT2D eigenvalue weighted by Gasteiger charge is -2.11. The molecule has 0 aliphatic carbocycles. The third-order valence-corrected chi connectivity index (χ3v) is 3.74. The minimum Gasteiger partial charge on any atom is -0.416 e. The number of benzene rings is 2. The number of carbonyl (C=O) groups excluding carboxylic acids is 2. The summed E-state index contributed by atoms with van der Waals surface area (Å²) in [6.45, 7) is 0. The highest BCUT2D eigenvalue weighted by atomic mass is 31.2. The zero-order valence-electron chi connectivity index (χ0n) is 11.3. The normalized spacial score (nSPS) is 10.9. The van der Waals surface area contributed by atoms with Crippen LogP contribution in [-0.4, -0.2) is 16.3 Å². The zero-order chi connectivity index (χ0) is 17.0. The summed E-state index contributed by atoms with van der Waals surface area (Å²) in [4.78, 5) is 32.7. The molecule has 0 unspecified atom stereocenters. The maximum absolute atomic E-state index is 13.3. The van der Waals surface area contributed by atoms with E-state index < -0.39 is 41.9 Å². The number of hydrogen-bond donors (Lipinski definition) is 1. The van der Waals surface area contributed by atoms with Crippen molar-refractivity contribution >= 4 is 18.8 Å². The molecule has 0 bridgehead atoms. The highest BCUT2D eigenvalue weighted by molar-refractivity contribution is 7.89. The minimum atomic E-state index is -5.30. The fourth-order valence-electron chi connectivity index (χ4n) is 1.44. The first-order valence-electron chi connectivity index (χ1n) is 6.09. The zero-order valence-corrected chi connectivity index (χ0v) is 12.2. The van der Waals surface area contributed by atoms with E-state index in [2.05, 4.69) is 9.47 Å². The first kappa shape index (κ1) is 16.8. The van der Waals surface area contributed by atoms with Crippen molar-refractivity contribution in [3.8, 4) is 11.5 Å². The number of halogens is 2. The van der Waals surface area contributed by atoms with Gasteiger partial charge in [0.05, 0.1) is 0 Å². The molecule has 0 saturated carbocycles. The Balaban J connectivity index is 2.15. The van der Waals surface area contributed by atoms with Crippen LogP contribution in [0.15, 0.2) is 48.5 Å². The van der Waals surface area contributed by atoms with Gasteiger partial charge in [-0.1, -0.05) is 24.3 Å². The summed E-state index contributed by atoms with van der Waals surface area (Å²) in [6, 6.07) is 9.17. The molecule has 0 aliphatic heterocycles. The lowest BCUT2D eigenvalue weighted by atomic mass is 10.3. The van der Waals surface area contributed by atoms with Crippen LogP contribution in [0.25, 0.3) is 0 Å². The summed E-state index contributed by atoms with van der Waals surface area (Å²) in [5.74, 6) is -3.21. The van der Waals surface area contributed by atoms with Gasteiger partial charge in [0.1, 0.15) is 0 Å². The molecule has 6 nitrogen and oxygen atoms in total. The quantitative estimate of drug-likeness (QED) is 0.847. The molecule has 0 radical (unpaired) electrons. The predicted molar refractivity (Wildman–Crippen MR) is 74.7 cm³/mol. The standard InChI is InChI=1S/C14H9F2O6P/c15-9-5-1-3-7-11(9)21-13(17)23(19,20)14(18)22-12-8-4-2-6-10(12)16/h1-8H,(H,19,20). The molecule has 0 saturated heterocycles. The van der Waals surface area contributed by atoms with Crippen LogP contribution < -0.4 is 9.47 Å². The van der Waals surface area contributed by atoms with Crippen LogP contribution in [0.5, 0.6) is 11.5 Å². The number of ether oxygens (including phenoxy) is 2. The molecule has 2 aromatic carbocycles. The van der Waals surface area contributed by atoms with E-state index in [0.29, 0.717) is 0 Å². The second-order valence-electron chi connectivity index (χ2n) is 4.17. The molecule has 0 heterocycles. The second-order valence-corrected chi connectivity index (χ2v) is 6.06. The van der Waals surface area contributed by atoms with E-state index >= 15 is 0 Å². The Morgan fingerprint density at radius 1 is 0.826 bits per heavy atom. The van der Waals surface area contributed by atoms with Crippen molar-refractivity contribution in [2.75, 3.05) is 0 Å². The molecule has 0 aliphatic rings. The van der Waals surface area contributed by atoms with Crippen LogP contribution in [0, 0.1) is 11.6 Å². The minimum absolute atomic E-state index is 0.634. The fourth-order valence-corrected chi connectivity index (χ4v) is 2.03. The van der Waals surface area contributed by atoms with E-state index in [9.17, 15) is 27.8 Å². The van der Waals surface area contributed by atoms with Gasteiger partial charge in [0.2, 0.25) is 0 Å². The molecular weight excluding hydrogens is 333 g/mol. The molecule has 1 N–H and O–H groups in total. The molecule has 120 valence electrons. The van der Waals surface area contributed by atoms with E-state index in [1.165, 1.54) is 24.3 Å². The van der Waals surface area contributed by atoms with E-state index in [1.807, 2.05) is 0 Å².